The molecule has 0 bridgehead atoms. The van der Waals surface area contributed by atoms with Gasteiger partial charge in [-0.05, 0) is 6.92 Å². The molecule has 0 aliphatic heterocycles. The van der Waals surface area contributed by atoms with Gasteiger partial charge >= 0.3 is 5.97 Å². The highest BCUT2D eigenvalue weighted by Crippen LogP contribution is 2.17. The number of nitrogens with zero attached hydrogens (tertiary/aromatic N) is 2. The average Bonchev–Trinajstić information content (AvgIpc) is 2.28. The van der Waals surface area contributed by atoms with Crippen LogP contribution in [0.4, 0.5) is 5.69 Å². The first kappa shape index (κ1) is 12.6. The van der Waals surface area contributed by atoms with Gasteiger partial charge in [-0.1, -0.05) is 0 Å². The third-order valence-corrected chi connectivity index (χ3v) is 1.83. The highest BCUT2D eigenvalue weighted by Gasteiger charge is 2.21. The van der Waals surface area contributed by atoms with Gasteiger partial charge in [0, 0.05) is 12.3 Å². The molecule has 0 fully saturated rings. The zero-order chi connectivity index (χ0) is 13.0. The Morgan fingerprint density at radius 1 is 1.71 bits per heavy atom. The van der Waals surface area contributed by atoms with Gasteiger partial charge in [0.25, 0.3) is 5.69 Å². The third-order valence-electron chi connectivity index (χ3n) is 1.83. The molecule has 0 spiro atoms. The molecule has 0 amide bonds. The SMILES string of the molecule is CCOC(=O)c1cnc(C(=N)N)c([N+](=O)[O-])c1. The van der Waals surface area contributed by atoms with Crippen molar-refractivity contribution >= 4 is 17.5 Å². The van der Waals surface area contributed by atoms with Crippen molar-refractivity contribution in [3.8, 4) is 0 Å². The summed E-state index contributed by atoms with van der Waals surface area (Å²) in [6.07, 6.45) is 1.09. The van der Waals surface area contributed by atoms with Gasteiger partial charge in [-0.25, -0.2) is 9.78 Å². The van der Waals surface area contributed by atoms with E-state index >= 15 is 0 Å². The average molecular weight is 238 g/mol. The number of carbonyl (C=O) groups excluding carboxylic acids is 1. The molecule has 17 heavy (non-hydrogen) atoms. The van der Waals surface area contributed by atoms with E-state index in [9.17, 15) is 14.9 Å². The van der Waals surface area contributed by atoms with Crippen molar-refractivity contribution in [3.63, 3.8) is 0 Å². The van der Waals surface area contributed by atoms with Crippen LogP contribution in [0.1, 0.15) is 23.0 Å². The molecule has 0 aromatic carbocycles. The maximum absolute atomic E-state index is 11.3. The quantitative estimate of drug-likeness (QED) is 0.257. The molecule has 0 aliphatic carbocycles. The van der Waals surface area contributed by atoms with Gasteiger partial charge < -0.3 is 10.5 Å². The Hall–Kier alpha value is -2.51. The van der Waals surface area contributed by atoms with Crippen molar-refractivity contribution < 1.29 is 14.5 Å². The molecule has 0 radical (unpaired) electrons. The van der Waals surface area contributed by atoms with E-state index in [0.29, 0.717) is 0 Å². The summed E-state index contributed by atoms with van der Waals surface area (Å²) in [5.74, 6) is -1.25. The molecule has 1 aromatic heterocycles. The summed E-state index contributed by atoms with van der Waals surface area (Å²) in [7, 11) is 0. The molecule has 90 valence electrons. The second-order valence-corrected chi connectivity index (χ2v) is 2.98. The Kier molecular flexibility index (Phi) is 3.70. The van der Waals surface area contributed by atoms with Crippen LogP contribution in [0.25, 0.3) is 0 Å². The molecular formula is C9H10N4O4. The van der Waals surface area contributed by atoms with E-state index in [1.165, 1.54) is 0 Å². The fourth-order valence-corrected chi connectivity index (χ4v) is 1.13. The molecule has 0 atom stereocenters. The smallest absolute Gasteiger partial charge is 0.339 e. The van der Waals surface area contributed by atoms with Gasteiger partial charge in [0.2, 0.25) is 0 Å². The van der Waals surface area contributed by atoms with Gasteiger partial charge in [0.15, 0.2) is 5.69 Å². The Balaban J connectivity index is 3.23. The summed E-state index contributed by atoms with van der Waals surface area (Å²) < 4.78 is 4.68. The summed E-state index contributed by atoms with van der Waals surface area (Å²) >= 11 is 0. The van der Waals surface area contributed by atoms with E-state index in [1.54, 1.807) is 6.92 Å². The molecule has 0 aliphatic rings. The number of amidine groups is 1. The first-order valence-corrected chi connectivity index (χ1v) is 4.63. The molecular weight excluding hydrogens is 228 g/mol. The van der Waals surface area contributed by atoms with Crippen LogP contribution in [0.15, 0.2) is 12.3 Å². The summed E-state index contributed by atoms with van der Waals surface area (Å²) in [5.41, 5.74) is 4.31. The number of aromatic nitrogens is 1. The van der Waals surface area contributed by atoms with Crippen LogP contribution < -0.4 is 5.73 Å². The number of ether oxygens (including phenoxy) is 1. The molecule has 8 nitrogen and oxygen atoms in total. The number of nitrogen functional groups attached to an aromatic ring is 1. The lowest BCUT2D eigenvalue weighted by molar-refractivity contribution is -0.385. The minimum Gasteiger partial charge on any atom is -0.462 e. The summed E-state index contributed by atoms with van der Waals surface area (Å²) in [5, 5.41) is 17.8. The molecule has 1 heterocycles. The summed E-state index contributed by atoms with van der Waals surface area (Å²) in [6.45, 7) is 1.77. The lowest BCUT2D eigenvalue weighted by Crippen LogP contribution is -2.17. The molecule has 0 saturated carbocycles. The topological polar surface area (TPSA) is 132 Å². The number of nitrogens with one attached hydrogen (secondary N) is 1. The van der Waals surface area contributed by atoms with Crippen LogP contribution in [0.2, 0.25) is 0 Å². The predicted molar refractivity (Wildman–Crippen MR) is 57.9 cm³/mol. The predicted octanol–water partition coefficient (Wildman–Crippen LogP) is 0.451. The number of hydrogen-bond acceptors (Lipinski definition) is 6. The Morgan fingerprint density at radius 2 is 2.35 bits per heavy atom. The van der Waals surface area contributed by atoms with Crippen molar-refractivity contribution in [1.29, 1.82) is 5.41 Å². The fraction of sp³-hybridized carbons (Fsp3) is 0.222. The molecule has 3 N–H and O–H groups in total. The van der Waals surface area contributed by atoms with Crippen molar-refractivity contribution in [3.05, 3.63) is 33.6 Å². The third kappa shape index (κ3) is 2.74. The first-order valence-electron chi connectivity index (χ1n) is 4.63. The van der Waals surface area contributed by atoms with E-state index in [4.69, 9.17) is 11.1 Å². The first-order chi connectivity index (χ1) is 7.97. The fourth-order valence-electron chi connectivity index (χ4n) is 1.13. The summed E-state index contributed by atoms with van der Waals surface area (Å²) in [6, 6.07) is 0.988. The van der Waals surface area contributed by atoms with E-state index in [-0.39, 0.29) is 17.9 Å². The van der Waals surface area contributed by atoms with Crippen LogP contribution >= 0.6 is 0 Å². The number of nitrogens with two attached hydrogens (primary N) is 1. The van der Waals surface area contributed by atoms with E-state index in [0.717, 1.165) is 12.3 Å². The molecule has 1 rings (SSSR count). The van der Waals surface area contributed by atoms with E-state index in [1.807, 2.05) is 0 Å². The van der Waals surface area contributed by atoms with Crippen LogP contribution in [-0.4, -0.2) is 28.3 Å². The maximum atomic E-state index is 11.3. The lowest BCUT2D eigenvalue weighted by atomic mass is 10.2. The van der Waals surface area contributed by atoms with Crippen LogP contribution in [0.5, 0.6) is 0 Å². The van der Waals surface area contributed by atoms with Crippen LogP contribution in [0.3, 0.4) is 0 Å². The van der Waals surface area contributed by atoms with Crippen molar-refractivity contribution in [2.24, 2.45) is 5.73 Å². The van der Waals surface area contributed by atoms with Gasteiger partial charge in [0.05, 0.1) is 17.1 Å². The van der Waals surface area contributed by atoms with E-state index in [2.05, 4.69) is 9.72 Å². The number of esters is 1. The number of carbonyl (C=O) groups is 1. The van der Waals surface area contributed by atoms with Crippen molar-refractivity contribution in [2.75, 3.05) is 6.61 Å². The lowest BCUT2D eigenvalue weighted by Gasteiger charge is -2.03. The second-order valence-electron chi connectivity index (χ2n) is 2.98. The molecule has 0 unspecified atom stereocenters. The normalized spacial score (nSPS) is 9.71. The number of hydrogen-bond donors (Lipinski definition) is 2. The largest absolute Gasteiger partial charge is 0.462 e. The van der Waals surface area contributed by atoms with Crippen molar-refractivity contribution in [2.45, 2.75) is 6.92 Å². The highest BCUT2D eigenvalue weighted by atomic mass is 16.6. The number of nitro groups is 1. The van der Waals surface area contributed by atoms with Gasteiger partial charge in [0.1, 0.15) is 5.84 Å². The van der Waals surface area contributed by atoms with Gasteiger partial charge in [-0.2, -0.15) is 0 Å². The molecule has 1 aromatic rings. The van der Waals surface area contributed by atoms with Gasteiger partial charge in [-0.15, -0.1) is 0 Å². The summed E-state index contributed by atoms with van der Waals surface area (Å²) in [4.78, 5) is 24.9. The Labute approximate surface area is 96.1 Å². The Morgan fingerprint density at radius 3 is 2.82 bits per heavy atom. The van der Waals surface area contributed by atoms with Crippen LogP contribution in [-0.2, 0) is 4.74 Å². The molecule has 8 heteroatoms. The Bertz CT molecular complexity index is 486. The standard InChI is InChI=1S/C9H10N4O4/c1-2-17-9(14)5-3-6(13(15)16)7(8(10)11)12-4-5/h3-4H,2H2,1H3,(H3,10,11). The second kappa shape index (κ2) is 5.01. The monoisotopic (exact) mass is 238 g/mol. The zero-order valence-corrected chi connectivity index (χ0v) is 8.97. The van der Waals surface area contributed by atoms with Gasteiger partial charge in [-0.3, -0.25) is 15.5 Å². The minimum atomic E-state index is -0.757. The molecule has 0 saturated heterocycles. The van der Waals surface area contributed by atoms with E-state index < -0.39 is 22.4 Å². The maximum Gasteiger partial charge on any atom is 0.339 e. The minimum absolute atomic E-state index is 0.0523. The number of pyridine rings is 1. The van der Waals surface area contributed by atoms with Crippen molar-refractivity contribution in [1.82, 2.24) is 4.98 Å². The van der Waals surface area contributed by atoms with Crippen LogP contribution in [0, 0.1) is 15.5 Å². The number of rotatable bonds is 4. The highest BCUT2D eigenvalue weighted by molar-refractivity contribution is 5.98. The zero-order valence-electron chi connectivity index (χ0n) is 8.97.